The zero-order valence-electron chi connectivity index (χ0n) is 10.4. The molecule has 0 aliphatic heterocycles. The number of halogens is 1. The molecule has 6 heteroatoms. The fourth-order valence-corrected chi connectivity index (χ4v) is 2.98. The van der Waals surface area contributed by atoms with E-state index in [1.54, 1.807) is 18.0 Å². The highest BCUT2D eigenvalue weighted by Gasteiger charge is 2.14. The highest BCUT2D eigenvalue weighted by atomic mass is 79.9. The molecule has 18 heavy (non-hydrogen) atoms. The van der Waals surface area contributed by atoms with Gasteiger partial charge in [-0.15, -0.1) is 0 Å². The van der Waals surface area contributed by atoms with Crippen molar-refractivity contribution in [1.82, 2.24) is 14.8 Å². The molecule has 0 fully saturated rings. The lowest BCUT2D eigenvalue weighted by Crippen LogP contribution is -2.04. The maximum absolute atomic E-state index is 5.65. The number of nitrogens with two attached hydrogens (primary N) is 1. The summed E-state index contributed by atoms with van der Waals surface area (Å²) in [5.74, 6) is 0. The second-order valence-electron chi connectivity index (χ2n) is 3.95. The average molecular weight is 327 g/mol. The Hall–Kier alpha value is -0.850. The van der Waals surface area contributed by atoms with Gasteiger partial charge in [-0.05, 0) is 48.0 Å². The van der Waals surface area contributed by atoms with E-state index in [2.05, 4.69) is 26.0 Å². The van der Waals surface area contributed by atoms with Crippen molar-refractivity contribution in [3.63, 3.8) is 0 Å². The van der Waals surface area contributed by atoms with E-state index < -0.39 is 0 Å². The van der Waals surface area contributed by atoms with E-state index in [1.165, 1.54) is 5.56 Å². The Morgan fingerprint density at radius 2 is 2.22 bits per heavy atom. The van der Waals surface area contributed by atoms with Crippen molar-refractivity contribution >= 4 is 27.7 Å². The van der Waals surface area contributed by atoms with Crippen molar-refractivity contribution in [2.45, 2.75) is 23.4 Å². The first-order valence-electron chi connectivity index (χ1n) is 5.63. The molecule has 0 saturated carbocycles. The zero-order valence-corrected chi connectivity index (χ0v) is 12.8. The van der Waals surface area contributed by atoms with Gasteiger partial charge in [-0.2, -0.15) is 5.10 Å². The number of nitrogens with zero attached hydrogens (tertiary/aromatic N) is 3. The van der Waals surface area contributed by atoms with Crippen molar-refractivity contribution in [2.24, 2.45) is 12.8 Å². The maximum Gasteiger partial charge on any atom is 0.103 e. The van der Waals surface area contributed by atoms with Gasteiger partial charge in [0.2, 0.25) is 0 Å². The zero-order chi connectivity index (χ0) is 13.1. The molecule has 2 heterocycles. The predicted octanol–water partition coefficient (Wildman–Crippen LogP) is 2.54. The number of aryl methyl sites for hydroxylation is 2. The van der Waals surface area contributed by atoms with Crippen LogP contribution < -0.4 is 5.73 Å². The molecule has 96 valence electrons. The van der Waals surface area contributed by atoms with E-state index in [1.807, 2.05) is 30.8 Å². The second-order valence-corrected chi connectivity index (χ2v) is 5.87. The van der Waals surface area contributed by atoms with Crippen LogP contribution in [0.4, 0.5) is 0 Å². The summed E-state index contributed by atoms with van der Waals surface area (Å²) in [6, 6.07) is 3.98. The minimum absolute atomic E-state index is 0.633. The number of rotatable bonds is 4. The van der Waals surface area contributed by atoms with Gasteiger partial charge < -0.3 is 5.73 Å². The van der Waals surface area contributed by atoms with Crippen LogP contribution in [0, 0.1) is 6.92 Å². The molecule has 0 saturated heterocycles. The van der Waals surface area contributed by atoms with Crippen LogP contribution >= 0.6 is 27.7 Å². The van der Waals surface area contributed by atoms with E-state index in [0.29, 0.717) is 6.54 Å². The summed E-state index contributed by atoms with van der Waals surface area (Å²) in [4.78, 5) is 4.37. The Kier molecular flexibility index (Phi) is 4.42. The van der Waals surface area contributed by atoms with Gasteiger partial charge in [-0.1, -0.05) is 11.8 Å². The van der Waals surface area contributed by atoms with E-state index in [-0.39, 0.29) is 0 Å². The number of hydrogen-bond acceptors (Lipinski definition) is 4. The monoisotopic (exact) mass is 326 g/mol. The van der Waals surface area contributed by atoms with Gasteiger partial charge in [-0.25, -0.2) is 4.98 Å². The van der Waals surface area contributed by atoms with Gasteiger partial charge in [0, 0.05) is 23.3 Å². The quantitative estimate of drug-likeness (QED) is 0.938. The van der Waals surface area contributed by atoms with Crippen molar-refractivity contribution in [2.75, 3.05) is 6.54 Å². The second kappa shape index (κ2) is 5.86. The fourth-order valence-electron chi connectivity index (χ4n) is 1.76. The van der Waals surface area contributed by atoms with Crippen LogP contribution in [-0.4, -0.2) is 21.3 Å². The number of pyridine rings is 1. The Morgan fingerprint density at radius 3 is 2.83 bits per heavy atom. The molecule has 0 aliphatic carbocycles. The van der Waals surface area contributed by atoms with Gasteiger partial charge in [0.05, 0.1) is 5.69 Å². The fraction of sp³-hybridized carbons (Fsp3) is 0.333. The van der Waals surface area contributed by atoms with Gasteiger partial charge >= 0.3 is 0 Å². The third-order valence-corrected chi connectivity index (χ3v) is 4.21. The van der Waals surface area contributed by atoms with Gasteiger partial charge in [0.15, 0.2) is 0 Å². The van der Waals surface area contributed by atoms with Crippen LogP contribution in [0.1, 0.15) is 11.3 Å². The standard InChI is InChI=1S/C12H15BrN4S/c1-8-10(5-6-14)12(17(2)16-8)18-11-4-3-9(13)7-15-11/h3-4,7H,5-6,14H2,1-2H3. The van der Waals surface area contributed by atoms with Gasteiger partial charge in [-0.3, -0.25) is 4.68 Å². The molecule has 0 aromatic carbocycles. The first kappa shape index (κ1) is 13.6. The van der Waals surface area contributed by atoms with Crippen molar-refractivity contribution < 1.29 is 0 Å². The Labute approximate surface area is 119 Å². The highest BCUT2D eigenvalue weighted by molar-refractivity contribution is 9.10. The highest BCUT2D eigenvalue weighted by Crippen LogP contribution is 2.31. The molecule has 0 spiro atoms. The lowest BCUT2D eigenvalue weighted by molar-refractivity contribution is 0.687. The summed E-state index contributed by atoms with van der Waals surface area (Å²) in [6.45, 7) is 2.65. The molecular formula is C12H15BrN4S. The molecule has 0 amide bonds. The average Bonchev–Trinajstić information content (AvgIpc) is 2.59. The van der Waals surface area contributed by atoms with Crippen LogP contribution in [0.5, 0.6) is 0 Å². The van der Waals surface area contributed by atoms with Crippen LogP contribution in [0.15, 0.2) is 32.9 Å². The summed E-state index contributed by atoms with van der Waals surface area (Å²) in [6.07, 6.45) is 2.65. The van der Waals surface area contributed by atoms with Crippen molar-refractivity contribution in [3.8, 4) is 0 Å². The molecule has 0 bridgehead atoms. The molecule has 2 aromatic rings. The van der Waals surface area contributed by atoms with E-state index >= 15 is 0 Å². The van der Waals surface area contributed by atoms with Crippen molar-refractivity contribution in [1.29, 1.82) is 0 Å². The molecule has 0 atom stereocenters. The molecule has 0 radical (unpaired) electrons. The summed E-state index contributed by atoms with van der Waals surface area (Å²) in [5, 5.41) is 6.52. The predicted molar refractivity (Wildman–Crippen MR) is 76.8 cm³/mol. The topological polar surface area (TPSA) is 56.7 Å². The minimum atomic E-state index is 0.633. The Balaban J connectivity index is 2.30. The largest absolute Gasteiger partial charge is 0.330 e. The molecule has 0 unspecified atom stereocenters. The van der Waals surface area contributed by atoms with E-state index in [4.69, 9.17) is 5.73 Å². The summed E-state index contributed by atoms with van der Waals surface area (Å²) < 4.78 is 2.88. The number of aromatic nitrogens is 3. The molecule has 0 aliphatic rings. The van der Waals surface area contributed by atoms with Gasteiger partial charge in [0.25, 0.3) is 0 Å². The molecule has 2 N–H and O–H groups in total. The number of hydrogen-bond donors (Lipinski definition) is 1. The first-order valence-corrected chi connectivity index (χ1v) is 7.24. The minimum Gasteiger partial charge on any atom is -0.330 e. The Morgan fingerprint density at radius 1 is 1.44 bits per heavy atom. The first-order chi connectivity index (χ1) is 8.61. The van der Waals surface area contributed by atoms with E-state index in [0.717, 1.165) is 26.6 Å². The SMILES string of the molecule is Cc1nn(C)c(Sc2ccc(Br)cn2)c1CCN. The normalized spacial score (nSPS) is 10.9. The third kappa shape index (κ3) is 2.93. The Bertz CT molecular complexity index is 536. The van der Waals surface area contributed by atoms with Crippen LogP contribution in [0.25, 0.3) is 0 Å². The lowest BCUT2D eigenvalue weighted by atomic mass is 10.2. The smallest absolute Gasteiger partial charge is 0.103 e. The maximum atomic E-state index is 5.65. The van der Waals surface area contributed by atoms with E-state index in [9.17, 15) is 0 Å². The summed E-state index contributed by atoms with van der Waals surface area (Å²) in [7, 11) is 1.95. The van der Waals surface area contributed by atoms with Crippen LogP contribution in [0.3, 0.4) is 0 Å². The third-order valence-electron chi connectivity index (χ3n) is 2.58. The van der Waals surface area contributed by atoms with Crippen LogP contribution in [0.2, 0.25) is 0 Å². The summed E-state index contributed by atoms with van der Waals surface area (Å²) >= 11 is 5.01. The van der Waals surface area contributed by atoms with Gasteiger partial charge in [0.1, 0.15) is 10.1 Å². The molecule has 4 nitrogen and oxygen atoms in total. The molecule has 2 aromatic heterocycles. The molecule has 2 rings (SSSR count). The molecular weight excluding hydrogens is 312 g/mol. The van der Waals surface area contributed by atoms with Crippen molar-refractivity contribution in [3.05, 3.63) is 34.1 Å². The lowest BCUT2D eigenvalue weighted by Gasteiger charge is -2.05. The summed E-state index contributed by atoms with van der Waals surface area (Å²) in [5.41, 5.74) is 7.91. The van der Waals surface area contributed by atoms with Crippen LogP contribution in [-0.2, 0) is 13.5 Å².